The molecule has 0 saturated heterocycles. The van der Waals surface area contributed by atoms with Crippen molar-refractivity contribution in [3.05, 3.63) is 34.7 Å². The van der Waals surface area contributed by atoms with Crippen molar-refractivity contribution in [3.8, 4) is 5.75 Å². The van der Waals surface area contributed by atoms with E-state index in [4.69, 9.17) is 5.53 Å². The van der Waals surface area contributed by atoms with Gasteiger partial charge in [-0.1, -0.05) is 17.2 Å². The van der Waals surface area contributed by atoms with Gasteiger partial charge in [0.2, 0.25) is 0 Å². The molecule has 0 bridgehead atoms. The minimum Gasteiger partial charge on any atom is -0.428 e. The Balaban J connectivity index is 3.07. The highest BCUT2D eigenvalue weighted by Crippen LogP contribution is 2.25. The molecule has 0 N–H and O–H groups in total. The SMILES string of the molecule is [N-]=[N+]=Nc1ccccc1OC=O. The summed E-state index contributed by atoms with van der Waals surface area (Å²) in [5.41, 5.74) is 8.43. The van der Waals surface area contributed by atoms with Gasteiger partial charge in [-0.3, -0.25) is 4.79 Å². The Hall–Kier alpha value is -2.00. The number of para-hydroxylation sites is 1. The van der Waals surface area contributed by atoms with Crippen LogP contribution in [0.3, 0.4) is 0 Å². The molecule has 0 amide bonds. The molecule has 60 valence electrons. The lowest BCUT2D eigenvalue weighted by Gasteiger charge is -1.99. The van der Waals surface area contributed by atoms with Crippen LogP contribution in [0.1, 0.15) is 0 Å². The first kappa shape index (κ1) is 8.10. The lowest BCUT2D eigenvalue weighted by molar-refractivity contribution is -0.120. The molecular weight excluding hydrogens is 158 g/mol. The van der Waals surface area contributed by atoms with Crippen molar-refractivity contribution < 1.29 is 9.53 Å². The van der Waals surface area contributed by atoms with Crippen LogP contribution in [0.5, 0.6) is 5.75 Å². The molecule has 0 aliphatic carbocycles. The normalized spacial score (nSPS) is 8.33. The lowest BCUT2D eigenvalue weighted by atomic mass is 10.3. The summed E-state index contributed by atoms with van der Waals surface area (Å²) in [6, 6.07) is 6.45. The molecule has 0 aliphatic heterocycles. The van der Waals surface area contributed by atoms with E-state index >= 15 is 0 Å². The van der Waals surface area contributed by atoms with Gasteiger partial charge in [0.15, 0.2) is 0 Å². The van der Waals surface area contributed by atoms with Gasteiger partial charge in [-0.05, 0) is 17.7 Å². The number of carbonyl (C=O) groups is 1. The smallest absolute Gasteiger partial charge is 0.298 e. The molecule has 0 unspecified atom stereocenters. The largest absolute Gasteiger partial charge is 0.428 e. The van der Waals surface area contributed by atoms with Crippen LogP contribution in [0.4, 0.5) is 5.69 Å². The van der Waals surface area contributed by atoms with E-state index in [1.54, 1.807) is 24.3 Å². The van der Waals surface area contributed by atoms with Gasteiger partial charge in [0.1, 0.15) is 5.75 Å². The summed E-state index contributed by atoms with van der Waals surface area (Å²) in [6.07, 6.45) is 0. The zero-order valence-electron chi connectivity index (χ0n) is 6.04. The van der Waals surface area contributed by atoms with Gasteiger partial charge in [-0.25, -0.2) is 0 Å². The molecule has 0 aromatic heterocycles. The fourth-order valence-electron chi connectivity index (χ4n) is 0.739. The first-order valence-electron chi connectivity index (χ1n) is 3.13. The highest BCUT2D eigenvalue weighted by atomic mass is 16.5. The number of hydrogen-bond donors (Lipinski definition) is 0. The second-order valence-electron chi connectivity index (χ2n) is 1.87. The summed E-state index contributed by atoms with van der Waals surface area (Å²) in [6.45, 7) is 0.283. The number of hydrogen-bond acceptors (Lipinski definition) is 3. The Morgan fingerprint density at radius 2 is 2.25 bits per heavy atom. The van der Waals surface area contributed by atoms with Gasteiger partial charge in [0.05, 0.1) is 5.69 Å². The van der Waals surface area contributed by atoms with Crippen LogP contribution in [-0.4, -0.2) is 6.47 Å². The summed E-state index contributed by atoms with van der Waals surface area (Å²) in [5.74, 6) is 0.255. The van der Waals surface area contributed by atoms with E-state index in [0.29, 0.717) is 5.69 Å². The van der Waals surface area contributed by atoms with Crippen LogP contribution in [0.15, 0.2) is 29.4 Å². The van der Waals surface area contributed by atoms with Crippen molar-refractivity contribution in [1.29, 1.82) is 0 Å². The third kappa shape index (κ3) is 1.74. The average molecular weight is 163 g/mol. The molecule has 1 aromatic carbocycles. The quantitative estimate of drug-likeness (QED) is 0.296. The van der Waals surface area contributed by atoms with Crippen molar-refractivity contribution in [2.24, 2.45) is 5.11 Å². The van der Waals surface area contributed by atoms with Crippen LogP contribution in [-0.2, 0) is 4.79 Å². The van der Waals surface area contributed by atoms with Crippen molar-refractivity contribution in [2.45, 2.75) is 0 Å². The number of ether oxygens (including phenoxy) is 1. The number of carbonyl (C=O) groups excluding carboxylic acids is 1. The Labute approximate surface area is 68.2 Å². The Morgan fingerprint density at radius 1 is 1.50 bits per heavy atom. The summed E-state index contributed by atoms with van der Waals surface area (Å²) in [7, 11) is 0. The Bertz CT molecular complexity index is 331. The minimum absolute atomic E-state index is 0.255. The van der Waals surface area contributed by atoms with Crippen molar-refractivity contribution >= 4 is 12.2 Å². The summed E-state index contributed by atoms with van der Waals surface area (Å²) in [4.78, 5) is 12.6. The fraction of sp³-hybridized carbons (Fsp3) is 0. The Morgan fingerprint density at radius 3 is 2.92 bits per heavy atom. The van der Waals surface area contributed by atoms with E-state index in [-0.39, 0.29) is 12.2 Å². The monoisotopic (exact) mass is 163 g/mol. The average Bonchev–Trinajstić information content (AvgIpc) is 2.09. The first-order chi connectivity index (χ1) is 5.88. The maximum atomic E-state index is 9.97. The van der Waals surface area contributed by atoms with Crippen LogP contribution in [0.25, 0.3) is 10.4 Å². The standard InChI is InChI=1S/C7H5N3O2/c8-10-9-6-3-1-2-4-7(6)12-5-11/h1-5H. The van der Waals surface area contributed by atoms with Crippen molar-refractivity contribution in [1.82, 2.24) is 0 Å². The predicted molar refractivity (Wildman–Crippen MR) is 41.9 cm³/mol. The molecule has 0 atom stereocenters. The van der Waals surface area contributed by atoms with Gasteiger partial charge in [-0.15, -0.1) is 0 Å². The van der Waals surface area contributed by atoms with Gasteiger partial charge in [0.25, 0.3) is 6.47 Å². The molecule has 0 saturated carbocycles. The first-order valence-corrected chi connectivity index (χ1v) is 3.13. The topological polar surface area (TPSA) is 75.1 Å². The highest BCUT2D eigenvalue weighted by molar-refractivity contribution is 5.57. The second kappa shape index (κ2) is 4.00. The highest BCUT2D eigenvalue weighted by Gasteiger charge is 1.97. The molecule has 0 radical (unpaired) electrons. The van der Waals surface area contributed by atoms with E-state index in [9.17, 15) is 4.79 Å². The van der Waals surface area contributed by atoms with E-state index < -0.39 is 0 Å². The molecule has 1 rings (SSSR count). The number of azide groups is 1. The fourth-order valence-corrected chi connectivity index (χ4v) is 0.739. The number of rotatable bonds is 3. The van der Waals surface area contributed by atoms with E-state index in [2.05, 4.69) is 14.8 Å². The van der Waals surface area contributed by atoms with Gasteiger partial charge in [0, 0.05) is 4.91 Å². The van der Waals surface area contributed by atoms with Crippen LogP contribution in [0.2, 0.25) is 0 Å². The molecule has 5 heteroatoms. The third-order valence-electron chi connectivity index (χ3n) is 1.19. The summed E-state index contributed by atoms with van der Waals surface area (Å²) < 4.78 is 4.54. The lowest BCUT2D eigenvalue weighted by Crippen LogP contribution is -1.87. The third-order valence-corrected chi connectivity index (χ3v) is 1.19. The van der Waals surface area contributed by atoms with Crippen LogP contribution in [0, 0.1) is 0 Å². The molecule has 0 heterocycles. The number of benzene rings is 1. The molecule has 5 nitrogen and oxygen atoms in total. The van der Waals surface area contributed by atoms with E-state index in [0.717, 1.165) is 0 Å². The predicted octanol–water partition coefficient (Wildman–Crippen LogP) is 2.16. The molecule has 0 aliphatic rings. The van der Waals surface area contributed by atoms with Crippen molar-refractivity contribution in [2.75, 3.05) is 0 Å². The molecule has 0 spiro atoms. The van der Waals surface area contributed by atoms with Crippen LogP contribution < -0.4 is 4.74 Å². The van der Waals surface area contributed by atoms with Gasteiger partial charge < -0.3 is 4.74 Å². The second-order valence-corrected chi connectivity index (χ2v) is 1.87. The van der Waals surface area contributed by atoms with E-state index in [1.165, 1.54) is 0 Å². The van der Waals surface area contributed by atoms with Gasteiger partial charge in [-0.2, -0.15) is 0 Å². The Kier molecular flexibility index (Phi) is 2.70. The molecule has 12 heavy (non-hydrogen) atoms. The zero-order chi connectivity index (χ0) is 8.81. The van der Waals surface area contributed by atoms with Gasteiger partial charge >= 0.3 is 0 Å². The van der Waals surface area contributed by atoms with E-state index in [1.807, 2.05) is 0 Å². The minimum atomic E-state index is 0.255. The molecule has 1 aromatic rings. The molecule has 0 fully saturated rings. The van der Waals surface area contributed by atoms with Crippen LogP contribution >= 0.6 is 0 Å². The maximum absolute atomic E-state index is 9.97. The summed E-state index contributed by atoms with van der Waals surface area (Å²) in [5, 5.41) is 3.32. The molecular formula is C7H5N3O2. The zero-order valence-corrected chi connectivity index (χ0v) is 6.04. The summed E-state index contributed by atoms with van der Waals surface area (Å²) >= 11 is 0. The van der Waals surface area contributed by atoms with Crippen molar-refractivity contribution in [3.63, 3.8) is 0 Å². The maximum Gasteiger partial charge on any atom is 0.298 e. The number of nitrogens with zero attached hydrogens (tertiary/aromatic N) is 3.